The van der Waals surface area contributed by atoms with Gasteiger partial charge in [-0.3, -0.25) is 14.6 Å². The second-order valence-electron chi connectivity index (χ2n) is 5.93. The Balaban J connectivity index is 1.62. The third kappa shape index (κ3) is 2.60. The standard InChI is InChI=1S/C15H23N3O/c1-11-14(12(2)16-15(11)10-19)9-17-5-7-18(8-6-17)13-3-4-13/h10,13,16H,3-9H2,1-2H3. The molecule has 2 heterocycles. The largest absolute Gasteiger partial charge is 0.356 e. The third-order valence-corrected chi connectivity index (χ3v) is 4.60. The number of aryl methyl sites for hydroxylation is 1. The first kappa shape index (κ1) is 12.9. The zero-order valence-corrected chi connectivity index (χ0v) is 11.9. The molecule has 0 amide bonds. The van der Waals surface area contributed by atoms with Crippen LogP contribution in [0, 0.1) is 13.8 Å². The maximum atomic E-state index is 11.0. The molecule has 1 aromatic rings. The van der Waals surface area contributed by atoms with Crippen molar-refractivity contribution >= 4 is 6.29 Å². The lowest BCUT2D eigenvalue weighted by Crippen LogP contribution is -2.46. The molecule has 0 bridgehead atoms. The maximum Gasteiger partial charge on any atom is 0.166 e. The van der Waals surface area contributed by atoms with Gasteiger partial charge in [0.1, 0.15) is 0 Å². The molecule has 0 unspecified atom stereocenters. The number of aromatic amines is 1. The predicted molar refractivity (Wildman–Crippen MR) is 75.5 cm³/mol. The highest BCUT2D eigenvalue weighted by Crippen LogP contribution is 2.28. The molecule has 1 saturated carbocycles. The van der Waals surface area contributed by atoms with Crippen LogP contribution in [0.1, 0.15) is 40.2 Å². The summed E-state index contributed by atoms with van der Waals surface area (Å²) >= 11 is 0. The first-order valence-corrected chi connectivity index (χ1v) is 7.28. The summed E-state index contributed by atoms with van der Waals surface area (Å²) in [5, 5.41) is 0. The van der Waals surface area contributed by atoms with Gasteiger partial charge in [-0.1, -0.05) is 0 Å². The second kappa shape index (κ2) is 5.10. The van der Waals surface area contributed by atoms with Crippen molar-refractivity contribution < 1.29 is 4.79 Å². The van der Waals surface area contributed by atoms with Gasteiger partial charge >= 0.3 is 0 Å². The maximum absolute atomic E-state index is 11.0. The zero-order valence-electron chi connectivity index (χ0n) is 11.9. The van der Waals surface area contributed by atoms with Crippen LogP contribution in [0.2, 0.25) is 0 Å². The number of rotatable bonds is 4. The highest BCUT2D eigenvalue weighted by Gasteiger charge is 2.31. The van der Waals surface area contributed by atoms with Crippen molar-refractivity contribution in [1.82, 2.24) is 14.8 Å². The quantitative estimate of drug-likeness (QED) is 0.839. The van der Waals surface area contributed by atoms with E-state index >= 15 is 0 Å². The number of aromatic nitrogens is 1. The van der Waals surface area contributed by atoms with E-state index in [1.54, 1.807) is 0 Å². The lowest BCUT2D eigenvalue weighted by atomic mass is 10.1. The van der Waals surface area contributed by atoms with Gasteiger partial charge in [0.15, 0.2) is 6.29 Å². The molecule has 1 aliphatic carbocycles. The average Bonchev–Trinajstić information content (AvgIpc) is 3.22. The van der Waals surface area contributed by atoms with Crippen molar-refractivity contribution in [2.45, 2.75) is 39.3 Å². The SMILES string of the molecule is Cc1[nH]c(C=O)c(C)c1CN1CCN(C2CC2)CC1. The van der Waals surface area contributed by atoms with Crippen molar-refractivity contribution in [3.63, 3.8) is 0 Å². The number of carbonyl (C=O) groups excluding carboxylic acids is 1. The van der Waals surface area contributed by atoms with E-state index in [0.717, 1.165) is 48.9 Å². The summed E-state index contributed by atoms with van der Waals surface area (Å²) < 4.78 is 0. The molecule has 19 heavy (non-hydrogen) atoms. The highest BCUT2D eigenvalue weighted by atomic mass is 16.1. The van der Waals surface area contributed by atoms with Crippen molar-refractivity contribution in [3.8, 4) is 0 Å². The van der Waals surface area contributed by atoms with E-state index in [2.05, 4.69) is 21.7 Å². The van der Waals surface area contributed by atoms with E-state index in [-0.39, 0.29) is 0 Å². The van der Waals surface area contributed by atoms with Gasteiger partial charge in [-0.15, -0.1) is 0 Å². The molecule has 3 rings (SSSR count). The van der Waals surface area contributed by atoms with Gasteiger partial charge in [0.25, 0.3) is 0 Å². The summed E-state index contributed by atoms with van der Waals surface area (Å²) in [5.74, 6) is 0. The van der Waals surface area contributed by atoms with Gasteiger partial charge < -0.3 is 4.98 Å². The normalized spacial score (nSPS) is 21.8. The fourth-order valence-electron chi connectivity index (χ4n) is 3.12. The molecule has 0 atom stereocenters. The Morgan fingerprint density at radius 1 is 1.21 bits per heavy atom. The van der Waals surface area contributed by atoms with Crippen LogP contribution < -0.4 is 0 Å². The first-order chi connectivity index (χ1) is 9.19. The van der Waals surface area contributed by atoms with Crippen LogP contribution in [0.3, 0.4) is 0 Å². The molecule has 0 aromatic carbocycles. The Labute approximate surface area is 114 Å². The summed E-state index contributed by atoms with van der Waals surface area (Å²) in [6.45, 7) is 9.79. The Bertz CT molecular complexity index is 468. The molecule has 1 aliphatic heterocycles. The van der Waals surface area contributed by atoms with Gasteiger partial charge in [-0.05, 0) is 37.8 Å². The Morgan fingerprint density at radius 3 is 2.42 bits per heavy atom. The highest BCUT2D eigenvalue weighted by molar-refractivity contribution is 5.75. The van der Waals surface area contributed by atoms with Gasteiger partial charge in [0.2, 0.25) is 0 Å². The lowest BCUT2D eigenvalue weighted by molar-refractivity contribution is 0.111. The van der Waals surface area contributed by atoms with E-state index in [4.69, 9.17) is 0 Å². The fourth-order valence-corrected chi connectivity index (χ4v) is 3.12. The van der Waals surface area contributed by atoms with Crippen LogP contribution in [0.5, 0.6) is 0 Å². The van der Waals surface area contributed by atoms with Crippen LogP contribution in [0.15, 0.2) is 0 Å². The smallest absolute Gasteiger partial charge is 0.166 e. The number of nitrogens with one attached hydrogen (secondary N) is 1. The average molecular weight is 261 g/mol. The molecular weight excluding hydrogens is 238 g/mol. The van der Waals surface area contributed by atoms with Crippen molar-refractivity contribution in [3.05, 3.63) is 22.5 Å². The summed E-state index contributed by atoms with van der Waals surface area (Å²) in [6, 6.07) is 0.888. The van der Waals surface area contributed by atoms with E-state index in [0.29, 0.717) is 0 Å². The van der Waals surface area contributed by atoms with E-state index in [1.807, 2.05) is 6.92 Å². The molecule has 2 fully saturated rings. The summed E-state index contributed by atoms with van der Waals surface area (Å²) in [7, 11) is 0. The summed E-state index contributed by atoms with van der Waals surface area (Å²) in [5.41, 5.74) is 4.31. The first-order valence-electron chi connectivity index (χ1n) is 7.28. The Kier molecular flexibility index (Phi) is 3.46. The number of aldehydes is 1. The monoisotopic (exact) mass is 261 g/mol. The number of piperazine rings is 1. The molecule has 4 heteroatoms. The molecular formula is C15H23N3O. The molecule has 104 valence electrons. The van der Waals surface area contributed by atoms with Crippen molar-refractivity contribution in [2.24, 2.45) is 0 Å². The Hall–Kier alpha value is -1.13. The number of hydrogen-bond donors (Lipinski definition) is 1. The molecule has 1 aromatic heterocycles. The minimum absolute atomic E-state index is 0.740. The fraction of sp³-hybridized carbons (Fsp3) is 0.667. The van der Waals surface area contributed by atoms with Crippen LogP contribution >= 0.6 is 0 Å². The van der Waals surface area contributed by atoms with E-state index < -0.39 is 0 Å². The lowest BCUT2D eigenvalue weighted by Gasteiger charge is -2.34. The zero-order chi connectivity index (χ0) is 13.4. The Morgan fingerprint density at radius 2 is 1.89 bits per heavy atom. The molecule has 2 aliphatic rings. The number of hydrogen-bond acceptors (Lipinski definition) is 3. The molecule has 4 nitrogen and oxygen atoms in total. The van der Waals surface area contributed by atoms with Crippen LogP contribution in [0.4, 0.5) is 0 Å². The van der Waals surface area contributed by atoms with Gasteiger partial charge in [0.05, 0.1) is 5.69 Å². The molecule has 0 radical (unpaired) electrons. The molecule has 1 N–H and O–H groups in total. The van der Waals surface area contributed by atoms with E-state index in [1.165, 1.54) is 31.5 Å². The van der Waals surface area contributed by atoms with Crippen LogP contribution in [-0.2, 0) is 6.54 Å². The summed E-state index contributed by atoms with van der Waals surface area (Å²) in [4.78, 5) is 19.3. The number of carbonyl (C=O) groups is 1. The van der Waals surface area contributed by atoms with Gasteiger partial charge in [-0.2, -0.15) is 0 Å². The predicted octanol–water partition coefficient (Wildman–Crippen LogP) is 1.72. The van der Waals surface area contributed by atoms with E-state index in [9.17, 15) is 4.79 Å². The third-order valence-electron chi connectivity index (χ3n) is 4.60. The number of H-pyrrole nitrogens is 1. The second-order valence-corrected chi connectivity index (χ2v) is 5.93. The molecule has 1 saturated heterocycles. The van der Waals surface area contributed by atoms with Crippen LogP contribution in [0.25, 0.3) is 0 Å². The van der Waals surface area contributed by atoms with Crippen LogP contribution in [-0.4, -0.2) is 53.3 Å². The van der Waals surface area contributed by atoms with Crippen molar-refractivity contribution in [2.75, 3.05) is 26.2 Å². The number of nitrogens with zero attached hydrogens (tertiary/aromatic N) is 2. The molecule has 0 spiro atoms. The van der Waals surface area contributed by atoms with Gasteiger partial charge in [0, 0.05) is 44.5 Å². The van der Waals surface area contributed by atoms with Crippen molar-refractivity contribution in [1.29, 1.82) is 0 Å². The summed E-state index contributed by atoms with van der Waals surface area (Å²) in [6.07, 6.45) is 3.73. The topological polar surface area (TPSA) is 39.3 Å². The minimum Gasteiger partial charge on any atom is -0.356 e. The minimum atomic E-state index is 0.740. The van der Waals surface area contributed by atoms with Gasteiger partial charge in [-0.25, -0.2) is 0 Å².